The van der Waals surface area contributed by atoms with Gasteiger partial charge in [-0.15, -0.1) is 0 Å². The molecule has 10 nitrogen and oxygen atoms in total. The summed E-state index contributed by atoms with van der Waals surface area (Å²) in [5.74, 6) is -0.272. The van der Waals surface area contributed by atoms with Gasteiger partial charge in [-0.2, -0.15) is 4.98 Å². The van der Waals surface area contributed by atoms with Crippen LogP contribution in [0, 0.1) is 5.41 Å². The van der Waals surface area contributed by atoms with Crippen LogP contribution in [0.15, 0.2) is 34.9 Å². The van der Waals surface area contributed by atoms with Gasteiger partial charge in [-0.25, -0.2) is 4.98 Å². The lowest BCUT2D eigenvalue weighted by Gasteiger charge is -2.19. The highest BCUT2D eigenvalue weighted by Crippen LogP contribution is 2.23. The maximum Gasteiger partial charge on any atom is 0.235 e. The van der Waals surface area contributed by atoms with Crippen LogP contribution in [-0.2, 0) is 14.4 Å². The summed E-state index contributed by atoms with van der Waals surface area (Å²) in [4.78, 5) is 43.2. The number of carbonyl (C=O) groups is 3. The van der Waals surface area contributed by atoms with Crippen LogP contribution in [-0.4, -0.2) is 40.8 Å². The van der Waals surface area contributed by atoms with Crippen molar-refractivity contribution in [1.82, 2.24) is 15.3 Å². The molecular weight excluding hydrogens is 466 g/mol. The summed E-state index contributed by atoms with van der Waals surface area (Å²) >= 11 is 3.41. The van der Waals surface area contributed by atoms with Gasteiger partial charge in [0, 0.05) is 37.6 Å². The van der Waals surface area contributed by atoms with E-state index in [2.05, 4.69) is 47.2 Å². The topological polar surface area (TPSA) is 151 Å². The molecule has 2 aromatic rings. The molecule has 0 saturated carbocycles. The van der Waals surface area contributed by atoms with E-state index in [-0.39, 0.29) is 5.91 Å². The Morgan fingerprint density at radius 2 is 1.87 bits per heavy atom. The van der Waals surface area contributed by atoms with Gasteiger partial charge in [-0.3, -0.25) is 14.4 Å². The van der Waals surface area contributed by atoms with Gasteiger partial charge in [-0.05, 0) is 54.4 Å². The summed E-state index contributed by atoms with van der Waals surface area (Å²) in [6.45, 7) is 5.33. The molecule has 3 amide bonds. The number of nitrogens with two attached hydrogens (primary N) is 1. The molecule has 0 aliphatic rings. The largest absolute Gasteiger partial charge is 0.369 e. The predicted octanol–water partition coefficient (Wildman–Crippen LogP) is 2.37. The molecule has 0 spiro atoms. The van der Waals surface area contributed by atoms with Gasteiger partial charge >= 0.3 is 0 Å². The first-order valence-corrected chi connectivity index (χ1v) is 10.4. The molecule has 0 bridgehead atoms. The summed E-state index contributed by atoms with van der Waals surface area (Å²) in [5.41, 5.74) is 5.37. The predicted molar refractivity (Wildman–Crippen MR) is 123 cm³/mol. The van der Waals surface area contributed by atoms with Crippen LogP contribution in [0.25, 0.3) is 0 Å². The SMILES string of the molecule is CC(=O)Nc1cccc(Nc2ncc(Br)c(NCCCNC(=O)C(C)(C)C(N)=O)n2)c1. The van der Waals surface area contributed by atoms with Crippen LogP contribution < -0.4 is 27.0 Å². The molecule has 1 heterocycles. The van der Waals surface area contributed by atoms with Crippen molar-refractivity contribution >= 4 is 56.8 Å². The van der Waals surface area contributed by atoms with Gasteiger partial charge in [0.15, 0.2) is 0 Å². The minimum Gasteiger partial charge on any atom is -0.369 e. The number of halogens is 1. The number of amides is 3. The third kappa shape index (κ3) is 7.21. The lowest BCUT2D eigenvalue weighted by atomic mass is 9.91. The Hall–Kier alpha value is -3.21. The molecule has 0 saturated heterocycles. The molecule has 0 fully saturated rings. The molecule has 0 aliphatic heterocycles. The monoisotopic (exact) mass is 491 g/mol. The van der Waals surface area contributed by atoms with Gasteiger partial charge in [0.05, 0.1) is 4.47 Å². The molecule has 0 radical (unpaired) electrons. The second-order valence-corrected chi connectivity index (χ2v) is 8.16. The van der Waals surface area contributed by atoms with Crippen LogP contribution >= 0.6 is 15.9 Å². The van der Waals surface area contributed by atoms with Gasteiger partial charge in [-0.1, -0.05) is 6.07 Å². The standard InChI is InChI=1S/C20H26BrN7O3/c1-12(29)26-13-6-4-7-14(10-13)27-19-25-11-15(21)16(28-19)23-8-5-9-24-18(31)20(2,3)17(22)30/h4,6-7,10-11H,5,8-9H2,1-3H3,(H2,22,30)(H,24,31)(H,26,29)(H2,23,25,27,28). The van der Waals surface area contributed by atoms with Crippen molar-refractivity contribution in [2.45, 2.75) is 27.2 Å². The number of hydrogen-bond acceptors (Lipinski definition) is 7. The zero-order chi connectivity index (χ0) is 23.0. The second kappa shape index (κ2) is 10.7. The average Bonchev–Trinajstić information content (AvgIpc) is 2.69. The van der Waals surface area contributed by atoms with Crippen molar-refractivity contribution < 1.29 is 14.4 Å². The summed E-state index contributed by atoms with van der Waals surface area (Å²) < 4.78 is 0.684. The molecule has 0 aliphatic carbocycles. The molecular formula is C20H26BrN7O3. The van der Waals surface area contributed by atoms with Crippen LogP contribution in [0.5, 0.6) is 0 Å². The van der Waals surface area contributed by atoms with Gasteiger partial charge in [0.25, 0.3) is 0 Å². The minimum absolute atomic E-state index is 0.155. The fourth-order valence-corrected chi connectivity index (χ4v) is 2.72. The van der Waals surface area contributed by atoms with Gasteiger partial charge in [0.1, 0.15) is 11.2 Å². The molecule has 1 aromatic heterocycles. The third-order valence-electron chi connectivity index (χ3n) is 4.30. The zero-order valence-corrected chi connectivity index (χ0v) is 19.2. The van der Waals surface area contributed by atoms with Crippen LogP contribution in [0.2, 0.25) is 0 Å². The van der Waals surface area contributed by atoms with E-state index < -0.39 is 17.2 Å². The highest BCUT2D eigenvalue weighted by atomic mass is 79.9. The van der Waals surface area contributed by atoms with Gasteiger partial charge in [0.2, 0.25) is 23.7 Å². The zero-order valence-electron chi connectivity index (χ0n) is 17.6. The molecule has 166 valence electrons. The van der Waals surface area contributed by atoms with Crippen molar-refractivity contribution in [3.8, 4) is 0 Å². The number of nitrogens with zero attached hydrogens (tertiary/aromatic N) is 2. The Balaban J connectivity index is 1.90. The Morgan fingerprint density at radius 1 is 1.16 bits per heavy atom. The van der Waals surface area contributed by atoms with E-state index in [0.29, 0.717) is 41.4 Å². The highest BCUT2D eigenvalue weighted by Gasteiger charge is 2.33. The number of carbonyl (C=O) groups excluding carboxylic acids is 3. The van der Waals surface area contributed by atoms with E-state index in [1.165, 1.54) is 20.8 Å². The maximum atomic E-state index is 12.0. The van der Waals surface area contributed by atoms with Gasteiger partial charge < -0.3 is 27.0 Å². The summed E-state index contributed by atoms with van der Waals surface area (Å²) in [6.07, 6.45) is 2.23. The summed E-state index contributed by atoms with van der Waals surface area (Å²) in [7, 11) is 0. The van der Waals surface area contributed by atoms with Crippen LogP contribution in [0.4, 0.5) is 23.1 Å². The third-order valence-corrected chi connectivity index (χ3v) is 4.88. The normalized spacial score (nSPS) is 10.8. The Kier molecular flexibility index (Phi) is 8.31. The molecule has 0 atom stereocenters. The fourth-order valence-electron chi connectivity index (χ4n) is 2.39. The van der Waals surface area contributed by atoms with Crippen molar-refractivity contribution in [3.63, 3.8) is 0 Å². The van der Waals surface area contributed by atoms with E-state index in [1.807, 2.05) is 6.07 Å². The Morgan fingerprint density at radius 3 is 2.55 bits per heavy atom. The lowest BCUT2D eigenvalue weighted by Crippen LogP contribution is -2.46. The molecule has 2 rings (SSSR count). The molecule has 1 aromatic carbocycles. The number of primary amides is 1. The van der Waals surface area contributed by atoms with Crippen molar-refractivity contribution in [2.75, 3.05) is 29.0 Å². The van der Waals surface area contributed by atoms with E-state index in [9.17, 15) is 14.4 Å². The van der Waals surface area contributed by atoms with E-state index in [0.717, 1.165) is 5.69 Å². The lowest BCUT2D eigenvalue weighted by molar-refractivity contribution is -0.139. The van der Waals surface area contributed by atoms with Crippen molar-refractivity contribution in [3.05, 3.63) is 34.9 Å². The smallest absolute Gasteiger partial charge is 0.235 e. The summed E-state index contributed by atoms with van der Waals surface area (Å²) in [6, 6.07) is 7.20. The number of nitrogens with one attached hydrogen (secondary N) is 4. The molecule has 6 N–H and O–H groups in total. The van der Waals surface area contributed by atoms with E-state index in [4.69, 9.17) is 5.73 Å². The number of rotatable bonds is 10. The molecule has 0 unspecified atom stereocenters. The fraction of sp³-hybridized carbons (Fsp3) is 0.350. The van der Waals surface area contributed by atoms with Crippen molar-refractivity contribution in [1.29, 1.82) is 0 Å². The number of anilines is 4. The molecule has 11 heteroatoms. The number of aromatic nitrogens is 2. The van der Waals surface area contributed by atoms with E-state index >= 15 is 0 Å². The first kappa shape index (κ1) is 24.1. The highest BCUT2D eigenvalue weighted by molar-refractivity contribution is 9.10. The van der Waals surface area contributed by atoms with Crippen LogP contribution in [0.3, 0.4) is 0 Å². The Bertz CT molecular complexity index is 966. The Labute approximate surface area is 188 Å². The first-order valence-electron chi connectivity index (χ1n) is 9.59. The number of benzene rings is 1. The quantitative estimate of drug-likeness (QED) is 0.252. The molecule has 31 heavy (non-hydrogen) atoms. The van der Waals surface area contributed by atoms with Crippen LogP contribution in [0.1, 0.15) is 27.2 Å². The van der Waals surface area contributed by atoms with Crippen molar-refractivity contribution in [2.24, 2.45) is 11.1 Å². The maximum absolute atomic E-state index is 12.0. The number of hydrogen-bond donors (Lipinski definition) is 5. The van der Waals surface area contributed by atoms with E-state index in [1.54, 1.807) is 24.4 Å². The summed E-state index contributed by atoms with van der Waals surface area (Å²) in [5, 5.41) is 11.7. The minimum atomic E-state index is -1.25. The first-order chi connectivity index (χ1) is 14.6. The second-order valence-electron chi connectivity index (χ2n) is 7.30. The average molecular weight is 492 g/mol.